The Morgan fingerprint density at radius 2 is 1.78 bits per heavy atom. The number of amides is 1. The predicted octanol–water partition coefficient (Wildman–Crippen LogP) is 4.52. The summed E-state index contributed by atoms with van der Waals surface area (Å²) in [5.74, 6) is -0.549. The molecule has 0 atom stereocenters. The number of methoxy groups -OCH3 is 1. The van der Waals surface area contributed by atoms with Crippen molar-refractivity contribution < 1.29 is 14.3 Å². The van der Waals surface area contributed by atoms with Crippen molar-refractivity contribution in [3.8, 4) is 10.6 Å². The van der Waals surface area contributed by atoms with Gasteiger partial charge in [0.15, 0.2) is 0 Å². The molecule has 0 saturated carbocycles. The summed E-state index contributed by atoms with van der Waals surface area (Å²) >= 11 is 7.32. The summed E-state index contributed by atoms with van der Waals surface area (Å²) in [6, 6.07) is 14.3. The van der Waals surface area contributed by atoms with E-state index in [1.807, 2.05) is 12.1 Å². The highest BCUT2D eigenvalue weighted by atomic mass is 35.5. The van der Waals surface area contributed by atoms with Crippen LogP contribution in [0.25, 0.3) is 10.6 Å². The summed E-state index contributed by atoms with van der Waals surface area (Å²) in [5, 5.41) is 3.18. The molecule has 27 heavy (non-hydrogen) atoms. The van der Waals surface area contributed by atoms with Crippen molar-refractivity contribution >= 4 is 34.8 Å². The van der Waals surface area contributed by atoms with Gasteiger partial charge in [0.05, 0.1) is 12.7 Å². The second kappa shape index (κ2) is 8.33. The molecular formula is C20H17ClN2O3S. The maximum Gasteiger partial charge on any atom is 0.337 e. The van der Waals surface area contributed by atoms with Crippen LogP contribution in [-0.2, 0) is 11.3 Å². The minimum Gasteiger partial charge on any atom is -0.465 e. The Hall–Kier alpha value is -2.70. The third kappa shape index (κ3) is 4.53. The standard InChI is InChI=1S/C20H17ClN2O3S/c1-23(11-13-3-5-15(6-4-13)20(25)26-2)19(24)17-12-27-18(22-17)14-7-9-16(21)10-8-14/h3-10,12H,11H2,1-2H3. The van der Waals surface area contributed by atoms with Crippen molar-refractivity contribution in [1.82, 2.24) is 9.88 Å². The number of halogens is 1. The molecule has 138 valence electrons. The number of rotatable bonds is 5. The van der Waals surface area contributed by atoms with Gasteiger partial charge in [0.25, 0.3) is 5.91 Å². The van der Waals surface area contributed by atoms with E-state index in [-0.39, 0.29) is 11.9 Å². The Morgan fingerprint density at radius 1 is 1.11 bits per heavy atom. The molecule has 0 radical (unpaired) electrons. The van der Waals surface area contributed by atoms with Crippen LogP contribution in [0.4, 0.5) is 0 Å². The van der Waals surface area contributed by atoms with Gasteiger partial charge in [0.1, 0.15) is 10.7 Å². The highest BCUT2D eigenvalue weighted by molar-refractivity contribution is 7.13. The number of carbonyl (C=O) groups excluding carboxylic acids is 2. The largest absolute Gasteiger partial charge is 0.465 e. The maximum absolute atomic E-state index is 12.6. The number of hydrogen-bond donors (Lipinski definition) is 0. The van der Waals surface area contributed by atoms with Gasteiger partial charge in [-0.3, -0.25) is 4.79 Å². The zero-order chi connectivity index (χ0) is 19.4. The summed E-state index contributed by atoms with van der Waals surface area (Å²) in [5.41, 5.74) is 2.71. The van der Waals surface area contributed by atoms with Gasteiger partial charge in [-0.2, -0.15) is 0 Å². The summed E-state index contributed by atoms with van der Waals surface area (Å²) in [6.45, 7) is 0.411. The molecule has 3 aromatic rings. The van der Waals surface area contributed by atoms with E-state index >= 15 is 0 Å². The summed E-state index contributed by atoms with van der Waals surface area (Å²) < 4.78 is 4.68. The molecular weight excluding hydrogens is 384 g/mol. The Bertz CT molecular complexity index is 952. The maximum atomic E-state index is 12.6. The second-order valence-corrected chi connectivity index (χ2v) is 7.19. The fraction of sp³-hybridized carbons (Fsp3) is 0.150. The van der Waals surface area contributed by atoms with Crippen molar-refractivity contribution in [1.29, 1.82) is 0 Å². The first kappa shape index (κ1) is 19.1. The molecule has 7 heteroatoms. The third-order valence-corrected chi connectivity index (χ3v) is 5.10. The molecule has 0 aliphatic carbocycles. The lowest BCUT2D eigenvalue weighted by atomic mass is 10.1. The molecule has 0 saturated heterocycles. The van der Waals surface area contributed by atoms with Gasteiger partial charge in [-0.15, -0.1) is 11.3 Å². The van der Waals surface area contributed by atoms with E-state index in [1.54, 1.807) is 53.7 Å². The number of ether oxygens (including phenoxy) is 1. The highest BCUT2D eigenvalue weighted by Crippen LogP contribution is 2.25. The molecule has 0 aliphatic heterocycles. The fourth-order valence-corrected chi connectivity index (χ4v) is 3.43. The monoisotopic (exact) mass is 400 g/mol. The lowest BCUT2D eigenvalue weighted by Crippen LogP contribution is -2.26. The molecule has 1 aromatic heterocycles. The smallest absolute Gasteiger partial charge is 0.337 e. The van der Waals surface area contributed by atoms with Crippen LogP contribution in [0.2, 0.25) is 5.02 Å². The van der Waals surface area contributed by atoms with Crippen molar-refractivity contribution in [3.05, 3.63) is 75.8 Å². The van der Waals surface area contributed by atoms with Crippen LogP contribution in [0.15, 0.2) is 53.9 Å². The van der Waals surface area contributed by atoms with E-state index in [0.717, 1.165) is 16.1 Å². The van der Waals surface area contributed by atoms with Crippen LogP contribution < -0.4 is 0 Å². The lowest BCUT2D eigenvalue weighted by molar-refractivity contribution is 0.0600. The molecule has 0 spiro atoms. The van der Waals surface area contributed by atoms with Crippen LogP contribution in [0.5, 0.6) is 0 Å². The minimum absolute atomic E-state index is 0.163. The van der Waals surface area contributed by atoms with E-state index in [4.69, 9.17) is 11.6 Å². The molecule has 0 fully saturated rings. The normalized spacial score (nSPS) is 10.5. The first-order valence-electron chi connectivity index (χ1n) is 8.12. The van der Waals surface area contributed by atoms with Crippen molar-refractivity contribution in [2.45, 2.75) is 6.54 Å². The van der Waals surface area contributed by atoms with Crippen LogP contribution in [0.3, 0.4) is 0 Å². The van der Waals surface area contributed by atoms with Gasteiger partial charge in [-0.1, -0.05) is 35.9 Å². The Balaban J connectivity index is 1.68. The van der Waals surface area contributed by atoms with Gasteiger partial charge in [0, 0.05) is 29.6 Å². The molecule has 0 bridgehead atoms. The van der Waals surface area contributed by atoms with Gasteiger partial charge in [-0.05, 0) is 29.8 Å². The number of carbonyl (C=O) groups is 2. The zero-order valence-corrected chi connectivity index (χ0v) is 16.4. The van der Waals surface area contributed by atoms with Gasteiger partial charge in [-0.25, -0.2) is 9.78 Å². The van der Waals surface area contributed by atoms with Crippen LogP contribution in [0.1, 0.15) is 26.4 Å². The van der Waals surface area contributed by atoms with Gasteiger partial charge >= 0.3 is 5.97 Å². The SMILES string of the molecule is COC(=O)c1ccc(CN(C)C(=O)c2csc(-c3ccc(Cl)cc3)n2)cc1. The Morgan fingerprint density at radius 3 is 2.41 bits per heavy atom. The Labute approximate surface area is 166 Å². The number of nitrogens with zero attached hydrogens (tertiary/aromatic N) is 2. The highest BCUT2D eigenvalue weighted by Gasteiger charge is 2.17. The molecule has 2 aromatic carbocycles. The van der Waals surface area contributed by atoms with Crippen molar-refractivity contribution in [2.75, 3.05) is 14.2 Å². The minimum atomic E-state index is -0.386. The predicted molar refractivity (Wildman–Crippen MR) is 106 cm³/mol. The Kier molecular flexibility index (Phi) is 5.88. The van der Waals surface area contributed by atoms with Crippen molar-refractivity contribution in [3.63, 3.8) is 0 Å². The molecule has 1 heterocycles. The summed E-state index contributed by atoms with van der Waals surface area (Å²) in [6.07, 6.45) is 0. The zero-order valence-electron chi connectivity index (χ0n) is 14.8. The fourth-order valence-electron chi connectivity index (χ4n) is 2.50. The quantitative estimate of drug-likeness (QED) is 0.591. The average Bonchev–Trinajstić information content (AvgIpc) is 3.18. The number of thiazole rings is 1. The van der Waals surface area contributed by atoms with Gasteiger partial charge < -0.3 is 9.64 Å². The van der Waals surface area contributed by atoms with E-state index in [1.165, 1.54) is 18.4 Å². The van der Waals surface area contributed by atoms with Crippen LogP contribution in [0, 0.1) is 0 Å². The molecule has 0 unspecified atom stereocenters. The first-order chi connectivity index (χ1) is 13.0. The first-order valence-corrected chi connectivity index (χ1v) is 9.38. The molecule has 3 rings (SSSR count). The van der Waals surface area contributed by atoms with E-state index < -0.39 is 0 Å². The number of hydrogen-bond acceptors (Lipinski definition) is 5. The van der Waals surface area contributed by atoms with Gasteiger partial charge in [0.2, 0.25) is 0 Å². The number of esters is 1. The lowest BCUT2D eigenvalue weighted by Gasteiger charge is -2.16. The second-order valence-electron chi connectivity index (χ2n) is 5.89. The molecule has 0 N–H and O–H groups in total. The van der Waals surface area contributed by atoms with Crippen LogP contribution >= 0.6 is 22.9 Å². The van der Waals surface area contributed by atoms with E-state index in [2.05, 4.69) is 9.72 Å². The van der Waals surface area contributed by atoms with E-state index in [0.29, 0.717) is 22.8 Å². The number of benzene rings is 2. The van der Waals surface area contributed by atoms with E-state index in [9.17, 15) is 9.59 Å². The third-order valence-electron chi connectivity index (χ3n) is 3.96. The average molecular weight is 401 g/mol. The topological polar surface area (TPSA) is 59.5 Å². The summed E-state index contributed by atoms with van der Waals surface area (Å²) in [7, 11) is 3.06. The van der Waals surface area contributed by atoms with Crippen LogP contribution in [-0.4, -0.2) is 35.9 Å². The number of aromatic nitrogens is 1. The molecule has 5 nitrogen and oxygen atoms in total. The van der Waals surface area contributed by atoms with Crippen molar-refractivity contribution in [2.24, 2.45) is 0 Å². The summed E-state index contributed by atoms with van der Waals surface area (Å²) in [4.78, 5) is 30.2. The molecule has 1 amide bonds. The molecule has 0 aliphatic rings.